The second-order valence-electron chi connectivity index (χ2n) is 4.13. The van der Waals surface area contributed by atoms with E-state index in [9.17, 15) is 4.39 Å². The van der Waals surface area contributed by atoms with Gasteiger partial charge in [-0.1, -0.05) is 29.3 Å². The Balaban J connectivity index is 2.42. The number of hydrogen-bond acceptors (Lipinski definition) is 2. The van der Waals surface area contributed by atoms with Crippen LogP contribution in [0.3, 0.4) is 0 Å². The minimum absolute atomic E-state index is 0.224. The molecule has 0 aliphatic carbocycles. The lowest BCUT2D eigenvalue weighted by molar-refractivity contribution is 0.626. The summed E-state index contributed by atoms with van der Waals surface area (Å²) in [4.78, 5) is 4.23. The molecule has 0 radical (unpaired) electrons. The van der Waals surface area contributed by atoms with Crippen molar-refractivity contribution < 1.29 is 4.39 Å². The van der Waals surface area contributed by atoms with E-state index in [1.165, 1.54) is 12.1 Å². The molecular weight excluding hydrogens is 368 g/mol. The summed E-state index contributed by atoms with van der Waals surface area (Å²) in [5.41, 5.74) is 7.74. The fourth-order valence-corrected chi connectivity index (χ4v) is 3.29. The number of hydrogen-bond donors (Lipinski definition) is 1. The molecule has 102 valence electrons. The summed E-state index contributed by atoms with van der Waals surface area (Å²) in [7, 11) is 0. The molecule has 1 heterocycles. The Kier molecular flexibility index (Phi) is 3.36. The highest BCUT2D eigenvalue weighted by atomic mass is 79.9. The zero-order valence-corrected chi connectivity index (χ0v) is 13.0. The fraction of sp³-hybridized carbons (Fsp3) is 0. The van der Waals surface area contributed by atoms with E-state index in [4.69, 9.17) is 28.9 Å². The number of halogens is 4. The van der Waals surface area contributed by atoms with E-state index in [1.807, 2.05) is 6.07 Å². The van der Waals surface area contributed by atoms with Crippen LogP contribution in [0.2, 0.25) is 10.0 Å². The summed E-state index contributed by atoms with van der Waals surface area (Å²) in [5, 5.41) is 0.713. The van der Waals surface area contributed by atoms with Crippen molar-refractivity contribution in [1.82, 2.24) is 9.55 Å². The maximum Gasteiger partial charge on any atom is 0.206 e. The van der Waals surface area contributed by atoms with Crippen molar-refractivity contribution in [1.29, 1.82) is 0 Å². The SMILES string of the molecule is Nc1nc2c(Cl)cccc2n1-c1c(Cl)cc(F)cc1Br. The van der Waals surface area contributed by atoms with Gasteiger partial charge in [0, 0.05) is 4.47 Å². The maximum absolute atomic E-state index is 13.3. The number of benzene rings is 2. The molecule has 7 heteroatoms. The first-order valence-corrected chi connectivity index (χ1v) is 7.11. The smallest absolute Gasteiger partial charge is 0.206 e. The third-order valence-corrected chi connectivity index (χ3v) is 4.06. The van der Waals surface area contributed by atoms with Crippen molar-refractivity contribution in [3.05, 3.63) is 50.7 Å². The molecular formula is C13H7BrCl2FN3. The Labute approximate surface area is 132 Å². The van der Waals surface area contributed by atoms with Crippen molar-refractivity contribution in [2.75, 3.05) is 5.73 Å². The number of rotatable bonds is 1. The monoisotopic (exact) mass is 373 g/mol. The van der Waals surface area contributed by atoms with Crippen LogP contribution < -0.4 is 5.73 Å². The van der Waals surface area contributed by atoms with Gasteiger partial charge >= 0.3 is 0 Å². The van der Waals surface area contributed by atoms with Crippen molar-refractivity contribution >= 4 is 56.1 Å². The van der Waals surface area contributed by atoms with Crippen LogP contribution in [-0.4, -0.2) is 9.55 Å². The molecule has 3 aromatic rings. The predicted octanol–water partition coefficient (Wildman–Crippen LogP) is 4.82. The van der Waals surface area contributed by atoms with Crippen molar-refractivity contribution in [2.45, 2.75) is 0 Å². The summed E-state index contributed by atoms with van der Waals surface area (Å²) in [6, 6.07) is 7.86. The third kappa shape index (κ3) is 2.06. The van der Waals surface area contributed by atoms with E-state index in [2.05, 4.69) is 20.9 Å². The molecule has 0 amide bonds. The largest absolute Gasteiger partial charge is 0.369 e. The van der Waals surface area contributed by atoms with Gasteiger partial charge in [0.25, 0.3) is 0 Å². The minimum atomic E-state index is -0.438. The first kappa shape index (κ1) is 13.7. The number of para-hydroxylation sites is 1. The number of fused-ring (bicyclic) bond motifs is 1. The fourth-order valence-electron chi connectivity index (χ4n) is 2.07. The number of imidazole rings is 1. The molecule has 1 aromatic heterocycles. The van der Waals surface area contributed by atoms with Gasteiger partial charge in [0.15, 0.2) is 0 Å². The quantitative estimate of drug-likeness (QED) is 0.663. The minimum Gasteiger partial charge on any atom is -0.369 e. The summed E-state index contributed by atoms with van der Waals surface area (Å²) in [5.74, 6) is -0.214. The van der Waals surface area contributed by atoms with Crippen LogP contribution in [0.15, 0.2) is 34.8 Å². The molecule has 2 N–H and O–H groups in total. The normalized spacial score (nSPS) is 11.2. The van der Waals surface area contributed by atoms with Crippen LogP contribution in [0.1, 0.15) is 0 Å². The number of nitrogens with zero attached hydrogens (tertiary/aromatic N) is 2. The highest BCUT2D eigenvalue weighted by Crippen LogP contribution is 2.35. The molecule has 3 rings (SSSR count). The third-order valence-electron chi connectivity index (χ3n) is 2.87. The summed E-state index contributed by atoms with van der Waals surface area (Å²) >= 11 is 15.5. The standard InChI is InChI=1S/C13H7BrCl2FN3/c14-7-4-6(17)5-9(16)12(7)20-10-3-1-2-8(15)11(10)19-13(20)18/h1-5H,(H2,18,19). The molecule has 0 fully saturated rings. The van der Waals surface area contributed by atoms with E-state index < -0.39 is 5.82 Å². The lowest BCUT2D eigenvalue weighted by Crippen LogP contribution is -2.02. The van der Waals surface area contributed by atoms with Gasteiger partial charge < -0.3 is 5.73 Å². The zero-order chi connectivity index (χ0) is 14.4. The molecule has 20 heavy (non-hydrogen) atoms. The Morgan fingerprint density at radius 2 is 1.95 bits per heavy atom. The van der Waals surface area contributed by atoms with Crippen LogP contribution in [0.5, 0.6) is 0 Å². The number of anilines is 1. The number of aromatic nitrogens is 2. The van der Waals surface area contributed by atoms with E-state index in [0.29, 0.717) is 26.2 Å². The first-order chi connectivity index (χ1) is 9.49. The molecule has 0 bridgehead atoms. The highest BCUT2D eigenvalue weighted by Gasteiger charge is 2.17. The van der Waals surface area contributed by atoms with Crippen LogP contribution in [0.25, 0.3) is 16.7 Å². The number of nitrogen functional groups attached to an aromatic ring is 1. The maximum atomic E-state index is 13.3. The Bertz CT molecular complexity index is 809. The molecule has 2 aromatic carbocycles. The molecule has 0 spiro atoms. The van der Waals surface area contributed by atoms with Gasteiger partial charge in [-0.05, 0) is 40.2 Å². The van der Waals surface area contributed by atoms with Gasteiger partial charge in [-0.2, -0.15) is 0 Å². The number of nitrogens with two attached hydrogens (primary N) is 1. The summed E-state index contributed by atoms with van der Waals surface area (Å²) in [6.07, 6.45) is 0. The van der Waals surface area contributed by atoms with Crippen molar-refractivity contribution in [2.24, 2.45) is 0 Å². The Morgan fingerprint density at radius 3 is 2.65 bits per heavy atom. The topological polar surface area (TPSA) is 43.8 Å². The summed E-state index contributed by atoms with van der Waals surface area (Å²) in [6.45, 7) is 0. The highest BCUT2D eigenvalue weighted by molar-refractivity contribution is 9.10. The molecule has 0 unspecified atom stereocenters. The average Bonchev–Trinajstić information content (AvgIpc) is 2.67. The van der Waals surface area contributed by atoms with Gasteiger partial charge in [-0.3, -0.25) is 4.57 Å². The van der Waals surface area contributed by atoms with Gasteiger partial charge in [0.2, 0.25) is 5.95 Å². The van der Waals surface area contributed by atoms with E-state index in [0.717, 1.165) is 0 Å². The van der Waals surface area contributed by atoms with E-state index in [-0.39, 0.29) is 11.0 Å². The second-order valence-corrected chi connectivity index (χ2v) is 5.80. The van der Waals surface area contributed by atoms with Gasteiger partial charge in [0.1, 0.15) is 11.3 Å². The molecule has 0 saturated carbocycles. The van der Waals surface area contributed by atoms with Gasteiger partial charge in [-0.25, -0.2) is 9.37 Å². The van der Waals surface area contributed by atoms with Crippen LogP contribution >= 0.6 is 39.1 Å². The van der Waals surface area contributed by atoms with Crippen molar-refractivity contribution in [3.63, 3.8) is 0 Å². The van der Waals surface area contributed by atoms with E-state index >= 15 is 0 Å². The van der Waals surface area contributed by atoms with Crippen LogP contribution in [-0.2, 0) is 0 Å². The van der Waals surface area contributed by atoms with Crippen molar-refractivity contribution in [3.8, 4) is 5.69 Å². The first-order valence-electron chi connectivity index (χ1n) is 5.56. The summed E-state index contributed by atoms with van der Waals surface area (Å²) < 4.78 is 15.4. The van der Waals surface area contributed by atoms with Gasteiger partial charge in [0.05, 0.1) is 21.2 Å². The van der Waals surface area contributed by atoms with E-state index in [1.54, 1.807) is 16.7 Å². The lowest BCUT2D eigenvalue weighted by atomic mass is 10.2. The predicted molar refractivity (Wildman–Crippen MR) is 83.2 cm³/mol. The molecule has 3 nitrogen and oxygen atoms in total. The van der Waals surface area contributed by atoms with Crippen LogP contribution in [0.4, 0.5) is 10.3 Å². The Hall–Kier alpha value is -1.30. The second kappa shape index (κ2) is 4.91. The molecule has 0 aliphatic rings. The molecule has 0 saturated heterocycles. The molecule has 0 aliphatic heterocycles. The average molecular weight is 375 g/mol. The lowest BCUT2D eigenvalue weighted by Gasteiger charge is -2.11. The zero-order valence-electron chi connectivity index (χ0n) is 9.87. The van der Waals surface area contributed by atoms with Gasteiger partial charge in [-0.15, -0.1) is 0 Å². The van der Waals surface area contributed by atoms with Crippen LogP contribution in [0, 0.1) is 5.82 Å². The molecule has 0 atom stereocenters. The Morgan fingerprint density at radius 1 is 1.20 bits per heavy atom.